The Balaban J connectivity index is 1.42. The van der Waals surface area contributed by atoms with Gasteiger partial charge in [0.2, 0.25) is 5.89 Å². The van der Waals surface area contributed by atoms with Crippen molar-refractivity contribution < 1.29 is 8.81 Å². The van der Waals surface area contributed by atoms with Crippen molar-refractivity contribution in [2.75, 3.05) is 12.4 Å². The summed E-state index contributed by atoms with van der Waals surface area (Å²) in [6, 6.07) is 8.27. The van der Waals surface area contributed by atoms with E-state index in [0.29, 0.717) is 37.0 Å². The molecule has 7 rings (SSSR count). The van der Waals surface area contributed by atoms with Crippen LogP contribution in [0.3, 0.4) is 0 Å². The van der Waals surface area contributed by atoms with Gasteiger partial charge in [-0.1, -0.05) is 29.4 Å². The van der Waals surface area contributed by atoms with E-state index >= 15 is 0 Å². The van der Waals surface area contributed by atoms with Crippen LogP contribution in [0.4, 0.5) is 10.4 Å². The number of imidazole rings is 1. The second kappa shape index (κ2) is 9.02. The molecule has 4 N–H and O–H groups in total. The van der Waals surface area contributed by atoms with Crippen molar-refractivity contribution in [2.45, 2.75) is 44.1 Å². The molecule has 0 bridgehead atoms. The normalized spacial score (nSPS) is 22.7. The SMILES string of the molecule is CCn1cc(C2(c3nnc(NC)o3)NC(c3ncc(C4=CCC(F)C=N4)[nH]3)Cc3c2[nH]c2ccccc32)cn1. The zero-order valence-electron chi connectivity index (χ0n) is 21.4. The molecule has 0 saturated heterocycles. The molecule has 6 heterocycles. The van der Waals surface area contributed by atoms with Crippen LogP contribution in [0.5, 0.6) is 0 Å². The molecule has 0 amide bonds. The van der Waals surface area contributed by atoms with Crippen LogP contribution in [-0.4, -0.2) is 54.4 Å². The lowest BCUT2D eigenvalue weighted by Crippen LogP contribution is -2.51. The Kier molecular flexibility index (Phi) is 5.44. The number of nitrogens with one attached hydrogen (secondary N) is 4. The van der Waals surface area contributed by atoms with Crippen LogP contribution in [0.2, 0.25) is 0 Å². The van der Waals surface area contributed by atoms with E-state index in [1.807, 2.05) is 36.1 Å². The highest BCUT2D eigenvalue weighted by Gasteiger charge is 2.51. The first-order valence-corrected chi connectivity index (χ1v) is 12.9. The highest BCUT2D eigenvalue weighted by atomic mass is 19.1. The zero-order valence-corrected chi connectivity index (χ0v) is 21.4. The van der Waals surface area contributed by atoms with Crippen LogP contribution >= 0.6 is 0 Å². The highest BCUT2D eigenvalue weighted by Crippen LogP contribution is 2.46. The Bertz CT molecular complexity index is 1680. The van der Waals surface area contributed by atoms with Crippen molar-refractivity contribution in [3.63, 3.8) is 0 Å². The molecule has 3 atom stereocenters. The average molecular weight is 527 g/mol. The van der Waals surface area contributed by atoms with Crippen molar-refractivity contribution in [3.05, 3.63) is 83.2 Å². The van der Waals surface area contributed by atoms with E-state index in [1.54, 1.807) is 19.3 Å². The molecule has 0 saturated carbocycles. The predicted molar refractivity (Wildman–Crippen MR) is 144 cm³/mol. The van der Waals surface area contributed by atoms with Gasteiger partial charge in [-0.3, -0.25) is 15.0 Å². The highest BCUT2D eigenvalue weighted by molar-refractivity contribution is 5.86. The maximum atomic E-state index is 13.6. The third-order valence-corrected chi connectivity index (χ3v) is 7.45. The second-order valence-corrected chi connectivity index (χ2v) is 9.72. The maximum absolute atomic E-state index is 13.6. The number of aliphatic imine (C=N–C) groups is 1. The molecule has 2 aliphatic heterocycles. The smallest absolute Gasteiger partial charge is 0.315 e. The second-order valence-electron chi connectivity index (χ2n) is 9.72. The number of para-hydroxylation sites is 1. The molecule has 4 aromatic heterocycles. The summed E-state index contributed by atoms with van der Waals surface area (Å²) in [6.07, 6.45) is 8.58. The molecule has 39 heavy (non-hydrogen) atoms. The summed E-state index contributed by atoms with van der Waals surface area (Å²) in [5.41, 5.74) is 4.28. The van der Waals surface area contributed by atoms with E-state index in [9.17, 15) is 4.39 Å². The molecule has 198 valence electrons. The van der Waals surface area contributed by atoms with Crippen molar-refractivity contribution >= 4 is 28.8 Å². The van der Waals surface area contributed by atoms with Gasteiger partial charge >= 0.3 is 6.01 Å². The Morgan fingerprint density at radius 3 is 2.87 bits per heavy atom. The quantitative estimate of drug-likeness (QED) is 0.264. The Morgan fingerprint density at radius 1 is 1.21 bits per heavy atom. The van der Waals surface area contributed by atoms with Gasteiger partial charge in [0.05, 0.1) is 35.5 Å². The van der Waals surface area contributed by atoms with E-state index in [2.05, 4.69) is 53.0 Å². The molecular formula is C27H27FN10O. The summed E-state index contributed by atoms with van der Waals surface area (Å²) < 4.78 is 21.7. The van der Waals surface area contributed by atoms with E-state index in [0.717, 1.165) is 39.2 Å². The average Bonchev–Trinajstić information content (AvgIpc) is 3.78. The van der Waals surface area contributed by atoms with Gasteiger partial charge in [-0.2, -0.15) is 5.10 Å². The molecule has 12 heteroatoms. The number of benzene rings is 1. The zero-order chi connectivity index (χ0) is 26.6. The van der Waals surface area contributed by atoms with E-state index < -0.39 is 11.7 Å². The number of aromatic amines is 2. The third-order valence-electron chi connectivity index (χ3n) is 7.45. The first kappa shape index (κ1) is 23.5. The fourth-order valence-electron chi connectivity index (χ4n) is 5.53. The summed E-state index contributed by atoms with van der Waals surface area (Å²) in [5, 5.41) is 21.2. The monoisotopic (exact) mass is 526 g/mol. The van der Waals surface area contributed by atoms with Crippen LogP contribution in [0, 0.1) is 0 Å². The number of H-pyrrole nitrogens is 2. The number of nitrogens with zero attached hydrogens (tertiary/aromatic N) is 6. The summed E-state index contributed by atoms with van der Waals surface area (Å²) >= 11 is 0. The predicted octanol–water partition coefficient (Wildman–Crippen LogP) is 3.86. The lowest BCUT2D eigenvalue weighted by molar-refractivity contribution is 0.292. The third kappa shape index (κ3) is 3.70. The molecule has 3 unspecified atom stereocenters. The Hall–Kier alpha value is -4.58. The van der Waals surface area contributed by atoms with Crippen LogP contribution in [-0.2, 0) is 18.5 Å². The molecule has 5 aromatic rings. The van der Waals surface area contributed by atoms with E-state index in [4.69, 9.17) is 9.40 Å². The van der Waals surface area contributed by atoms with Gasteiger partial charge in [-0.25, -0.2) is 9.37 Å². The van der Waals surface area contributed by atoms with E-state index in [-0.39, 0.29) is 6.04 Å². The molecule has 0 fully saturated rings. The van der Waals surface area contributed by atoms with Gasteiger partial charge in [0.15, 0.2) is 5.54 Å². The number of hydrogen-bond acceptors (Lipinski definition) is 8. The standard InChI is InChI=1S/C27H27FN10O/c1-3-38-14-15(11-32-38)27(25-36-37-26(29-2)39-25)23-18(17-6-4-5-7-19(17)33-23)10-21(35-27)24-31-13-22(34-24)20-9-8-16(28)12-30-20/h4-7,9,11-14,16,21,33,35H,3,8,10H2,1-2H3,(H,29,37)(H,31,34). The van der Waals surface area contributed by atoms with Gasteiger partial charge in [-0.15, -0.1) is 5.10 Å². The van der Waals surface area contributed by atoms with E-state index in [1.165, 1.54) is 6.21 Å². The molecule has 1 aromatic carbocycles. The number of alkyl halides is 1. The van der Waals surface area contributed by atoms with Crippen molar-refractivity contribution in [2.24, 2.45) is 4.99 Å². The summed E-state index contributed by atoms with van der Waals surface area (Å²) in [4.78, 5) is 16.1. The minimum Gasteiger partial charge on any atom is -0.405 e. The van der Waals surface area contributed by atoms with Gasteiger partial charge < -0.3 is 19.7 Å². The van der Waals surface area contributed by atoms with Crippen LogP contribution in [0.25, 0.3) is 16.6 Å². The Morgan fingerprint density at radius 2 is 2.10 bits per heavy atom. The number of allylic oxidation sites excluding steroid dienone is 1. The summed E-state index contributed by atoms with van der Waals surface area (Å²) in [6.45, 7) is 2.75. The largest absolute Gasteiger partial charge is 0.405 e. The molecule has 0 radical (unpaired) electrons. The minimum absolute atomic E-state index is 0.262. The van der Waals surface area contributed by atoms with Gasteiger partial charge in [0.1, 0.15) is 12.0 Å². The van der Waals surface area contributed by atoms with Gasteiger partial charge in [0, 0.05) is 48.9 Å². The number of aromatic nitrogens is 7. The fourth-order valence-corrected chi connectivity index (χ4v) is 5.53. The lowest BCUT2D eigenvalue weighted by atomic mass is 9.79. The van der Waals surface area contributed by atoms with Crippen molar-refractivity contribution in [1.82, 2.24) is 40.2 Å². The molecule has 0 aliphatic carbocycles. The lowest BCUT2D eigenvalue weighted by Gasteiger charge is -2.38. The van der Waals surface area contributed by atoms with Crippen LogP contribution in [0.15, 0.2) is 58.3 Å². The van der Waals surface area contributed by atoms with Gasteiger partial charge in [0.25, 0.3) is 0 Å². The Labute approximate surface area is 222 Å². The number of fused-ring (bicyclic) bond motifs is 3. The number of aryl methyl sites for hydroxylation is 1. The van der Waals surface area contributed by atoms with Crippen molar-refractivity contribution in [3.8, 4) is 0 Å². The number of halogens is 1. The molecule has 0 spiro atoms. The molecule has 11 nitrogen and oxygen atoms in total. The molecule has 2 aliphatic rings. The fraction of sp³-hybridized carbons (Fsp3) is 0.296. The minimum atomic E-state index is -1.06. The summed E-state index contributed by atoms with van der Waals surface area (Å²) in [7, 11) is 1.74. The maximum Gasteiger partial charge on any atom is 0.315 e. The van der Waals surface area contributed by atoms with Gasteiger partial charge in [-0.05, 0) is 25.0 Å². The number of hydrogen-bond donors (Lipinski definition) is 4. The first-order valence-electron chi connectivity index (χ1n) is 12.9. The van der Waals surface area contributed by atoms with Crippen molar-refractivity contribution in [1.29, 1.82) is 0 Å². The van der Waals surface area contributed by atoms with Crippen LogP contribution in [0.1, 0.15) is 53.6 Å². The number of anilines is 1. The number of rotatable bonds is 6. The molecular weight excluding hydrogens is 499 g/mol. The summed E-state index contributed by atoms with van der Waals surface area (Å²) in [5.74, 6) is 1.10. The van der Waals surface area contributed by atoms with Crippen LogP contribution < -0.4 is 10.6 Å². The first-order chi connectivity index (χ1) is 19.1. The topological polar surface area (TPSA) is 138 Å².